The SMILES string of the molecule is CCCc1nn(C)c2c(=O)n(CCSc3ccc(/C(C)=C4/SC(=O)NC4=O)cc3)c(-c3ccccc3)nc12. The lowest BCUT2D eigenvalue weighted by Gasteiger charge is -2.13. The molecule has 1 N–H and O–H groups in total. The third kappa shape index (κ3) is 5.06. The average Bonchev–Trinajstić information content (AvgIpc) is 3.43. The van der Waals surface area contributed by atoms with Gasteiger partial charge in [0.25, 0.3) is 16.7 Å². The number of amides is 2. The second-order valence-corrected chi connectivity index (χ2v) is 11.1. The minimum atomic E-state index is -0.351. The van der Waals surface area contributed by atoms with Crippen LogP contribution < -0.4 is 10.9 Å². The molecule has 0 atom stereocenters. The molecule has 4 aromatic rings. The second-order valence-electron chi connectivity index (χ2n) is 8.95. The summed E-state index contributed by atoms with van der Waals surface area (Å²) >= 11 is 2.57. The Labute approximate surface area is 228 Å². The van der Waals surface area contributed by atoms with Crippen molar-refractivity contribution >= 4 is 51.3 Å². The number of hydrogen-bond acceptors (Lipinski definition) is 7. The van der Waals surface area contributed by atoms with E-state index in [1.807, 2.05) is 61.5 Å². The largest absolute Gasteiger partial charge is 0.290 e. The van der Waals surface area contributed by atoms with Gasteiger partial charge in [-0.05, 0) is 48.4 Å². The van der Waals surface area contributed by atoms with Crippen molar-refractivity contribution in [2.24, 2.45) is 7.05 Å². The van der Waals surface area contributed by atoms with Gasteiger partial charge in [-0.1, -0.05) is 55.8 Å². The minimum absolute atomic E-state index is 0.0914. The number of carbonyl (C=O) groups excluding carboxylic acids is 2. The molecular formula is C28H27N5O3S2. The molecule has 1 aliphatic rings. The number of aromatic nitrogens is 4. The zero-order valence-corrected chi connectivity index (χ0v) is 23.0. The van der Waals surface area contributed by atoms with Crippen LogP contribution in [-0.4, -0.2) is 36.2 Å². The smallest absolute Gasteiger partial charge is 0.290 e. The second kappa shape index (κ2) is 11.0. The zero-order chi connectivity index (χ0) is 26.8. The molecule has 0 bridgehead atoms. The monoisotopic (exact) mass is 545 g/mol. The summed E-state index contributed by atoms with van der Waals surface area (Å²) in [6.45, 7) is 4.41. The summed E-state index contributed by atoms with van der Waals surface area (Å²) in [6.07, 6.45) is 1.69. The van der Waals surface area contributed by atoms with Gasteiger partial charge in [0.2, 0.25) is 0 Å². The van der Waals surface area contributed by atoms with Crippen LogP contribution in [0.4, 0.5) is 4.79 Å². The number of rotatable bonds is 8. The summed E-state index contributed by atoms with van der Waals surface area (Å²) in [4.78, 5) is 43.6. The van der Waals surface area contributed by atoms with Crippen molar-refractivity contribution in [3.8, 4) is 11.4 Å². The van der Waals surface area contributed by atoms with Crippen molar-refractivity contribution in [2.75, 3.05) is 5.75 Å². The van der Waals surface area contributed by atoms with Crippen molar-refractivity contribution < 1.29 is 9.59 Å². The van der Waals surface area contributed by atoms with E-state index in [-0.39, 0.29) is 16.7 Å². The first-order chi connectivity index (χ1) is 18.4. The highest BCUT2D eigenvalue weighted by atomic mass is 32.2. The van der Waals surface area contributed by atoms with Gasteiger partial charge >= 0.3 is 0 Å². The molecule has 0 aliphatic carbocycles. The van der Waals surface area contributed by atoms with Crippen LogP contribution in [0.15, 0.2) is 69.2 Å². The average molecular weight is 546 g/mol. The van der Waals surface area contributed by atoms with Crippen molar-refractivity contribution in [3.63, 3.8) is 0 Å². The highest BCUT2D eigenvalue weighted by Gasteiger charge is 2.27. The molecule has 0 saturated carbocycles. The fourth-order valence-corrected chi connectivity index (χ4v) is 6.07. The first-order valence-electron chi connectivity index (χ1n) is 12.4. The number of nitrogens with one attached hydrogen (secondary N) is 1. The maximum atomic E-state index is 13.7. The maximum Gasteiger partial charge on any atom is 0.290 e. The molecule has 5 rings (SSSR count). The third-order valence-electron chi connectivity index (χ3n) is 6.36. The summed E-state index contributed by atoms with van der Waals surface area (Å²) < 4.78 is 3.40. The normalized spacial score (nSPS) is 14.8. The van der Waals surface area contributed by atoms with E-state index in [2.05, 4.69) is 17.3 Å². The fraction of sp³-hybridized carbons (Fsp3) is 0.250. The van der Waals surface area contributed by atoms with Gasteiger partial charge in [-0.15, -0.1) is 11.8 Å². The number of nitrogens with zero attached hydrogens (tertiary/aromatic N) is 4. The van der Waals surface area contributed by atoms with Gasteiger partial charge in [-0.3, -0.25) is 28.9 Å². The molecule has 2 aromatic carbocycles. The number of benzene rings is 2. The fourth-order valence-electron chi connectivity index (χ4n) is 4.48. The van der Waals surface area contributed by atoms with Crippen molar-refractivity contribution in [2.45, 2.75) is 38.1 Å². The molecule has 1 saturated heterocycles. The quantitative estimate of drug-likeness (QED) is 0.238. The van der Waals surface area contributed by atoms with Crippen molar-refractivity contribution in [3.05, 3.63) is 81.1 Å². The molecular weight excluding hydrogens is 518 g/mol. The number of carbonyl (C=O) groups is 2. The van der Waals surface area contributed by atoms with Gasteiger partial charge < -0.3 is 0 Å². The van der Waals surface area contributed by atoms with E-state index in [0.29, 0.717) is 34.1 Å². The molecule has 194 valence electrons. The van der Waals surface area contributed by atoms with Gasteiger partial charge in [0, 0.05) is 29.8 Å². The lowest BCUT2D eigenvalue weighted by Crippen LogP contribution is -2.25. The Bertz CT molecular complexity index is 1620. The number of allylic oxidation sites excluding steroid dienone is 1. The van der Waals surface area contributed by atoms with Crippen LogP contribution in [0.25, 0.3) is 28.0 Å². The van der Waals surface area contributed by atoms with Gasteiger partial charge in [-0.25, -0.2) is 4.98 Å². The molecule has 0 unspecified atom stereocenters. The minimum Gasteiger partial charge on any atom is -0.290 e. The van der Waals surface area contributed by atoms with Gasteiger partial charge in [0.05, 0.1) is 10.6 Å². The van der Waals surface area contributed by atoms with Crippen LogP contribution in [0.3, 0.4) is 0 Å². The zero-order valence-electron chi connectivity index (χ0n) is 21.4. The van der Waals surface area contributed by atoms with E-state index in [0.717, 1.165) is 51.9 Å². The molecule has 1 aliphatic heterocycles. The summed E-state index contributed by atoms with van der Waals surface area (Å²) in [5, 5.41) is 6.55. The number of hydrogen-bond donors (Lipinski definition) is 1. The molecule has 3 heterocycles. The van der Waals surface area contributed by atoms with Crippen LogP contribution in [0, 0.1) is 0 Å². The van der Waals surface area contributed by atoms with Gasteiger partial charge in [0.1, 0.15) is 11.3 Å². The van der Waals surface area contributed by atoms with Gasteiger partial charge in [0.15, 0.2) is 5.52 Å². The van der Waals surface area contributed by atoms with Crippen LogP contribution in [0.2, 0.25) is 0 Å². The van der Waals surface area contributed by atoms with E-state index < -0.39 is 0 Å². The third-order valence-corrected chi connectivity index (χ3v) is 8.34. The lowest BCUT2D eigenvalue weighted by molar-refractivity contribution is -0.115. The van der Waals surface area contributed by atoms with E-state index in [4.69, 9.17) is 4.98 Å². The van der Waals surface area contributed by atoms with Crippen LogP contribution in [0.1, 0.15) is 31.5 Å². The Morgan fingerprint density at radius 2 is 1.79 bits per heavy atom. The highest BCUT2D eigenvalue weighted by molar-refractivity contribution is 8.18. The van der Waals surface area contributed by atoms with Crippen LogP contribution >= 0.6 is 23.5 Å². The first-order valence-corrected chi connectivity index (χ1v) is 14.2. The Balaban J connectivity index is 1.40. The molecule has 38 heavy (non-hydrogen) atoms. The molecule has 0 radical (unpaired) electrons. The molecule has 8 nitrogen and oxygen atoms in total. The Morgan fingerprint density at radius 3 is 2.45 bits per heavy atom. The van der Waals surface area contributed by atoms with E-state index in [1.165, 1.54) is 0 Å². The van der Waals surface area contributed by atoms with Gasteiger partial charge in [-0.2, -0.15) is 5.10 Å². The molecule has 2 amide bonds. The number of imide groups is 1. The van der Waals surface area contributed by atoms with E-state index >= 15 is 0 Å². The van der Waals surface area contributed by atoms with Crippen molar-refractivity contribution in [1.82, 2.24) is 24.6 Å². The lowest BCUT2D eigenvalue weighted by atomic mass is 10.1. The Hall–Kier alpha value is -3.63. The van der Waals surface area contributed by atoms with Crippen LogP contribution in [0.5, 0.6) is 0 Å². The summed E-state index contributed by atoms with van der Waals surface area (Å²) in [5.74, 6) is 0.962. The summed E-state index contributed by atoms with van der Waals surface area (Å²) in [5.41, 5.74) is 4.51. The number of aryl methyl sites for hydroxylation is 2. The standard InChI is InChI=1S/C28H27N5O3S2/c1-4-8-21-22-23(32(3)31-21)27(35)33(25(29-22)19-9-6-5-7-10-19)15-16-37-20-13-11-18(12-14-20)17(2)24-26(34)30-28(36)38-24/h5-7,9-14H,4,8,15-16H2,1-3H3,(H,30,34,36)/b24-17+. The van der Waals surface area contributed by atoms with E-state index in [9.17, 15) is 14.4 Å². The van der Waals surface area contributed by atoms with Crippen LogP contribution in [-0.2, 0) is 24.8 Å². The van der Waals surface area contributed by atoms with Crippen molar-refractivity contribution in [1.29, 1.82) is 0 Å². The van der Waals surface area contributed by atoms with E-state index in [1.54, 1.807) is 28.1 Å². The molecule has 1 fully saturated rings. The predicted octanol–water partition coefficient (Wildman–Crippen LogP) is 5.26. The predicted molar refractivity (Wildman–Crippen MR) is 153 cm³/mol. The molecule has 2 aromatic heterocycles. The molecule has 10 heteroatoms. The summed E-state index contributed by atoms with van der Waals surface area (Å²) in [6, 6.07) is 17.7. The number of thioether (sulfide) groups is 2. The maximum absolute atomic E-state index is 13.7. The Morgan fingerprint density at radius 1 is 1.05 bits per heavy atom. The topological polar surface area (TPSA) is 98.9 Å². The number of fused-ring (bicyclic) bond motifs is 1. The summed E-state index contributed by atoms with van der Waals surface area (Å²) in [7, 11) is 1.80. The first kappa shape index (κ1) is 26.0. The molecule has 0 spiro atoms. The Kier molecular flexibility index (Phi) is 7.53. The highest BCUT2D eigenvalue weighted by Crippen LogP contribution is 2.32.